The SMILES string of the molecule is CC(=O)OP(=O)(O)O[C@H](C)[C@H](N)C(=O)O. The maximum atomic E-state index is 11.0. The average Bonchev–Trinajstić information content (AvgIpc) is 1.98. The second-order valence-electron chi connectivity index (χ2n) is 2.73. The van der Waals surface area contributed by atoms with Gasteiger partial charge < -0.3 is 15.4 Å². The van der Waals surface area contributed by atoms with Crippen LogP contribution in [0.2, 0.25) is 0 Å². The molecule has 3 atom stereocenters. The van der Waals surface area contributed by atoms with E-state index in [1.165, 1.54) is 6.92 Å². The van der Waals surface area contributed by atoms with Crippen LogP contribution in [0.15, 0.2) is 0 Å². The van der Waals surface area contributed by atoms with Crippen molar-refractivity contribution in [3.63, 3.8) is 0 Å². The maximum absolute atomic E-state index is 11.0. The Morgan fingerprint density at radius 1 is 1.47 bits per heavy atom. The Morgan fingerprint density at radius 3 is 2.27 bits per heavy atom. The number of phosphoric ester groups is 1. The zero-order valence-corrected chi connectivity index (χ0v) is 9.01. The number of hydrogen-bond donors (Lipinski definition) is 3. The van der Waals surface area contributed by atoms with E-state index in [2.05, 4.69) is 9.05 Å². The fraction of sp³-hybridized carbons (Fsp3) is 0.667. The van der Waals surface area contributed by atoms with Gasteiger partial charge in [-0.3, -0.25) is 19.0 Å². The molecule has 0 rings (SSSR count). The minimum absolute atomic E-state index is 0.911. The topological polar surface area (TPSA) is 136 Å². The first-order valence-corrected chi connectivity index (χ1v) is 5.35. The Morgan fingerprint density at radius 2 is 1.93 bits per heavy atom. The maximum Gasteiger partial charge on any atom is 0.529 e. The molecule has 0 aromatic heterocycles. The third kappa shape index (κ3) is 5.48. The van der Waals surface area contributed by atoms with E-state index in [1.54, 1.807) is 0 Å². The largest absolute Gasteiger partial charge is 0.529 e. The molecule has 15 heavy (non-hydrogen) atoms. The van der Waals surface area contributed by atoms with Gasteiger partial charge in [0, 0.05) is 6.92 Å². The second kappa shape index (κ2) is 5.22. The van der Waals surface area contributed by atoms with E-state index in [1.807, 2.05) is 0 Å². The monoisotopic (exact) mass is 241 g/mol. The molecule has 0 amide bonds. The molecule has 0 aliphatic carbocycles. The van der Waals surface area contributed by atoms with E-state index >= 15 is 0 Å². The van der Waals surface area contributed by atoms with Crippen molar-refractivity contribution in [1.82, 2.24) is 0 Å². The molecule has 0 fully saturated rings. The average molecular weight is 241 g/mol. The molecule has 0 radical (unpaired) electrons. The standard InChI is InChI=1S/C6H12NO7P/c1-3(5(7)6(9)10)13-15(11,12)14-4(2)8/h3,5H,7H2,1-2H3,(H,9,10)(H,11,12)/t3-,5+/m1/s1. The molecule has 8 nitrogen and oxygen atoms in total. The molecule has 1 unspecified atom stereocenters. The molecule has 4 N–H and O–H groups in total. The van der Waals surface area contributed by atoms with Crippen molar-refractivity contribution in [2.24, 2.45) is 5.73 Å². The fourth-order valence-corrected chi connectivity index (χ4v) is 1.58. The Bertz CT molecular complexity index is 304. The molecule has 0 heterocycles. The lowest BCUT2D eigenvalue weighted by Crippen LogP contribution is -2.41. The van der Waals surface area contributed by atoms with Crippen LogP contribution in [0.4, 0.5) is 0 Å². The molecular weight excluding hydrogens is 229 g/mol. The predicted molar refractivity (Wildman–Crippen MR) is 47.7 cm³/mol. The fourth-order valence-electron chi connectivity index (χ4n) is 0.660. The number of aliphatic carboxylic acids is 1. The molecule has 9 heteroatoms. The molecule has 88 valence electrons. The van der Waals surface area contributed by atoms with E-state index in [-0.39, 0.29) is 0 Å². The van der Waals surface area contributed by atoms with Gasteiger partial charge in [-0.15, -0.1) is 0 Å². The first-order valence-electron chi connectivity index (χ1n) is 3.85. The number of nitrogens with two attached hydrogens (primary N) is 1. The number of carbonyl (C=O) groups excluding carboxylic acids is 1. The molecule has 0 aromatic carbocycles. The van der Waals surface area contributed by atoms with Crippen LogP contribution in [-0.4, -0.2) is 34.1 Å². The third-order valence-electron chi connectivity index (χ3n) is 1.33. The lowest BCUT2D eigenvalue weighted by Gasteiger charge is -2.18. The highest BCUT2D eigenvalue weighted by molar-refractivity contribution is 7.48. The number of carboxylic acids is 1. The Hall–Kier alpha value is -0.950. The van der Waals surface area contributed by atoms with Crippen molar-refractivity contribution >= 4 is 19.8 Å². The van der Waals surface area contributed by atoms with Crippen LogP contribution in [0.3, 0.4) is 0 Å². The summed E-state index contributed by atoms with van der Waals surface area (Å²) in [6, 6.07) is -1.49. The lowest BCUT2D eigenvalue weighted by molar-refractivity contribution is -0.140. The van der Waals surface area contributed by atoms with Crippen molar-refractivity contribution in [1.29, 1.82) is 0 Å². The van der Waals surface area contributed by atoms with Gasteiger partial charge in [0.15, 0.2) is 0 Å². The Balaban J connectivity index is 4.39. The summed E-state index contributed by atoms with van der Waals surface area (Å²) in [6.07, 6.45) is -1.27. The van der Waals surface area contributed by atoms with Crippen molar-refractivity contribution < 1.29 is 33.2 Å². The molecule has 0 spiro atoms. The highest BCUT2D eigenvalue weighted by Crippen LogP contribution is 2.44. The van der Waals surface area contributed by atoms with E-state index in [9.17, 15) is 14.2 Å². The summed E-state index contributed by atoms with van der Waals surface area (Å²) < 4.78 is 19.3. The van der Waals surface area contributed by atoms with Crippen molar-refractivity contribution in [3.8, 4) is 0 Å². The van der Waals surface area contributed by atoms with Gasteiger partial charge in [0.2, 0.25) is 0 Å². The van der Waals surface area contributed by atoms with Crippen molar-refractivity contribution in [2.75, 3.05) is 0 Å². The zero-order chi connectivity index (χ0) is 12.2. The van der Waals surface area contributed by atoms with Crippen LogP contribution < -0.4 is 5.73 Å². The number of rotatable bonds is 5. The van der Waals surface area contributed by atoms with Crippen LogP contribution in [-0.2, 0) is 23.2 Å². The highest BCUT2D eigenvalue weighted by atomic mass is 31.2. The smallest absolute Gasteiger partial charge is 0.480 e. The highest BCUT2D eigenvalue weighted by Gasteiger charge is 2.32. The van der Waals surface area contributed by atoms with Gasteiger partial charge in [-0.05, 0) is 6.92 Å². The second-order valence-corrected chi connectivity index (χ2v) is 4.06. The number of hydrogen-bond acceptors (Lipinski definition) is 6. The molecule has 0 aromatic rings. The number of phosphoric acid groups is 1. The van der Waals surface area contributed by atoms with Gasteiger partial charge in [0.05, 0.1) is 6.10 Å². The third-order valence-corrected chi connectivity index (χ3v) is 2.42. The van der Waals surface area contributed by atoms with E-state index < -0.39 is 31.9 Å². The minimum Gasteiger partial charge on any atom is -0.480 e. The molecule has 0 bridgehead atoms. The number of carboxylic acid groups (broad SMARTS) is 1. The van der Waals surface area contributed by atoms with Crippen LogP contribution in [0.5, 0.6) is 0 Å². The van der Waals surface area contributed by atoms with Gasteiger partial charge in [0.1, 0.15) is 6.04 Å². The summed E-state index contributed by atoms with van der Waals surface area (Å²) in [5.74, 6) is -2.41. The molecular formula is C6H12NO7P. The summed E-state index contributed by atoms with van der Waals surface area (Å²) >= 11 is 0. The quantitative estimate of drug-likeness (QED) is 0.546. The Kier molecular flexibility index (Phi) is 4.89. The molecule has 0 saturated heterocycles. The minimum atomic E-state index is -4.59. The summed E-state index contributed by atoms with van der Waals surface area (Å²) in [5, 5.41) is 8.45. The van der Waals surface area contributed by atoms with E-state index in [0.29, 0.717) is 0 Å². The molecule has 0 saturated carbocycles. The van der Waals surface area contributed by atoms with Gasteiger partial charge >= 0.3 is 19.8 Å². The normalized spacial score (nSPS) is 18.7. The van der Waals surface area contributed by atoms with Crippen LogP contribution in [0, 0.1) is 0 Å². The van der Waals surface area contributed by atoms with E-state index in [0.717, 1.165) is 6.92 Å². The van der Waals surface area contributed by atoms with Gasteiger partial charge in [0.25, 0.3) is 0 Å². The first kappa shape index (κ1) is 14.1. The van der Waals surface area contributed by atoms with Crippen LogP contribution in [0.1, 0.15) is 13.8 Å². The van der Waals surface area contributed by atoms with Crippen molar-refractivity contribution in [3.05, 3.63) is 0 Å². The number of carbonyl (C=O) groups is 2. The first-order chi connectivity index (χ1) is 6.65. The Labute approximate surface area is 85.6 Å². The van der Waals surface area contributed by atoms with Crippen molar-refractivity contribution in [2.45, 2.75) is 26.0 Å². The van der Waals surface area contributed by atoms with Crippen LogP contribution in [0.25, 0.3) is 0 Å². The molecule has 0 aliphatic heterocycles. The summed E-state index contributed by atoms with van der Waals surface area (Å²) in [4.78, 5) is 29.7. The van der Waals surface area contributed by atoms with Gasteiger partial charge in [-0.1, -0.05) is 0 Å². The van der Waals surface area contributed by atoms with Gasteiger partial charge in [-0.25, -0.2) is 4.57 Å². The van der Waals surface area contributed by atoms with Crippen LogP contribution >= 0.6 is 7.82 Å². The summed E-state index contributed by atoms with van der Waals surface area (Å²) in [7, 11) is -4.59. The predicted octanol–water partition coefficient (Wildman–Crippen LogP) is -0.533. The zero-order valence-electron chi connectivity index (χ0n) is 8.11. The lowest BCUT2D eigenvalue weighted by atomic mass is 10.2. The van der Waals surface area contributed by atoms with Gasteiger partial charge in [-0.2, -0.15) is 0 Å². The summed E-state index contributed by atoms with van der Waals surface area (Å²) in [5.41, 5.74) is 5.10. The summed E-state index contributed by atoms with van der Waals surface area (Å²) in [6.45, 7) is 2.08. The van der Waals surface area contributed by atoms with E-state index in [4.69, 9.17) is 15.7 Å². The molecule has 0 aliphatic rings.